The van der Waals surface area contributed by atoms with E-state index in [0.717, 1.165) is 36.8 Å². The average molecular weight is 534 g/mol. The van der Waals surface area contributed by atoms with Gasteiger partial charge >= 0.3 is 5.97 Å². The third-order valence-electron chi connectivity index (χ3n) is 5.75. The van der Waals surface area contributed by atoms with Crippen molar-refractivity contribution in [3.05, 3.63) is 94.4 Å². The Morgan fingerprint density at radius 3 is 2.28 bits per heavy atom. The first-order valence-corrected chi connectivity index (χ1v) is 13.0. The SMILES string of the molecule is CC(C)=CCCC(C)=CCCC(C)=CCOC(=O)c1cnc(C(=O)NC(=O)CN)c(OCc2ccccc2)c1. The van der Waals surface area contributed by atoms with Gasteiger partial charge in [-0.15, -0.1) is 0 Å². The van der Waals surface area contributed by atoms with Crippen LogP contribution in [0.1, 0.15) is 79.8 Å². The highest BCUT2D eigenvalue weighted by atomic mass is 16.5. The van der Waals surface area contributed by atoms with Gasteiger partial charge in [0.1, 0.15) is 13.2 Å². The van der Waals surface area contributed by atoms with Gasteiger partial charge in [-0.1, -0.05) is 59.2 Å². The van der Waals surface area contributed by atoms with Gasteiger partial charge in [-0.05, 0) is 71.1 Å². The summed E-state index contributed by atoms with van der Waals surface area (Å²) in [6.07, 6.45) is 11.5. The molecule has 8 nitrogen and oxygen atoms in total. The zero-order valence-corrected chi connectivity index (χ0v) is 23.3. The molecule has 2 rings (SSSR count). The maximum Gasteiger partial charge on any atom is 0.340 e. The van der Waals surface area contributed by atoms with Gasteiger partial charge < -0.3 is 15.2 Å². The second-order valence-corrected chi connectivity index (χ2v) is 9.48. The first-order chi connectivity index (χ1) is 18.7. The number of aromatic nitrogens is 1. The van der Waals surface area contributed by atoms with E-state index in [4.69, 9.17) is 15.2 Å². The molecule has 0 atom stereocenters. The van der Waals surface area contributed by atoms with Crippen LogP contribution in [0.5, 0.6) is 5.75 Å². The number of ether oxygens (including phenoxy) is 2. The summed E-state index contributed by atoms with van der Waals surface area (Å²) in [4.78, 5) is 40.9. The van der Waals surface area contributed by atoms with Gasteiger partial charge in [-0.2, -0.15) is 0 Å². The lowest BCUT2D eigenvalue weighted by molar-refractivity contribution is -0.118. The molecular formula is C31H39N3O5. The van der Waals surface area contributed by atoms with Crippen molar-refractivity contribution >= 4 is 17.8 Å². The lowest BCUT2D eigenvalue weighted by Crippen LogP contribution is -2.36. The number of benzene rings is 1. The number of carbonyl (C=O) groups excluding carboxylic acids is 3. The quantitative estimate of drug-likeness (QED) is 0.245. The van der Waals surface area contributed by atoms with E-state index in [-0.39, 0.29) is 36.8 Å². The highest BCUT2D eigenvalue weighted by Gasteiger charge is 2.20. The summed E-state index contributed by atoms with van der Waals surface area (Å²) in [6, 6.07) is 10.7. The number of amides is 2. The summed E-state index contributed by atoms with van der Waals surface area (Å²) in [5.74, 6) is -1.98. The van der Waals surface area contributed by atoms with E-state index >= 15 is 0 Å². The standard InChI is InChI=1S/C31H39N3O5/c1-22(2)10-8-11-23(3)12-9-13-24(4)16-17-38-31(37)26-18-27(39-21-25-14-6-5-7-15-25)29(33-20-26)30(36)34-28(35)19-32/h5-7,10,12,14-16,18,20H,8-9,11,13,17,19,21,32H2,1-4H3,(H,34,35,36). The van der Waals surface area contributed by atoms with E-state index in [1.54, 1.807) is 0 Å². The van der Waals surface area contributed by atoms with Crippen molar-refractivity contribution < 1.29 is 23.9 Å². The Balaban J connectivity index is 2.00. The number of esters is 1. The van der Waals surface area contributed by atoms with Crippen molar-refractivity contribution in [2.75, 3.05) is 13.2 Å². The number of allylic oxidation sites excluding steroid dienone is 5. The third kappa shape index (κ3) is 11.9. The molecule has 39 heavy (non-hydrogen) atoms. The normalized spacial score (nSPS) is 11.5. The molecule has 0 unspecified atom stereocenters. The molecule has 1 aromatic heterocycles. The molecule has 2 aromatic rings. The molecule has 0 aliphatic carbocycles. The van der Waals surface area contributed by atoms with Crippen LogP contribution in [0.4, 0.5) is 0 Å². The van der Waals surface area contributed by atoms with E-state index in [9.17, 15) is 14.4 Å². The fraction of sp³-hybridized carbons (Fsp3) is 0.355. The van der Waals surface area contributed by atoms with Crippen LogP contribution in [-0.2, 0) is 16.1 Å². The smallest absolute Gasteiger partial charge is 0.340 e. The molecule has 0 aliphatic rings. The Labute approximate surface area is 231 Å². The van der Waals surface area contributed by atoms with E-state index in [1.807, 2.05) is 43.3 Å². The topological polar surface area (TPSA) is 121 Å². The molecule has 0 saturated carbocycles. The van der Waals surface area contributed by atoms with E-state index in [0.29, 0.717) is 0 Å². The van der Waals surface area contributed by atoms with E-state index in [1.165, 1.54) is 23.4 Å². The van der Waals surface area contributed by atoms with Crippen LogP contribution < -0.4 is 15.8 Å². The zero-order valence-electron chi connectivity index (χ0n) is 23.3. The highest BCUT2D eigenvalue weighted by Crippen LogP contribution is 2.21. The molecular weight excluding hydrogens is 494 g/mol. The molecule has 0 radical (unpaired) electrons. The van der Waals surface area contributed by atoms with Crippen LogP contribution in [0.15, 0.2) is 77.5 Å². The Morgan fingerprint density at radius 2 is 1.62 bits per heavy atom. The predicted octanol–water partition coefficient (Wildman–Crippen LogP) is 5.45. The maximum atomic E-state index is 12.7. The number of nitrogens with zero attached hydrogens (tertiary/aromatic N) is 1. The number of nitrogens with two attached hydrogens (primary N) is 1. The van der Waals surface area contributed by atoms with Crippen LogP contribution in [0.2, 0.25) is 0 Å². The van der Waals surface area contributed by atoms with Gasteiger partial charge in [0.2, 0.25) is 5.91 Å². The molecule has 3 N–H and O–H groups in total. The van der Waals surface area contributed by atoms with E-state index < -0.39 is 17.8 Å². The van der Waals surface area contributed by atoms with Crippen LogP contribution in [0, 0.1) is 0 Å². The molecule has 0 spiro atoms. The first-order valence-electron chi connectivity index (χ1n) is 13.0. The summed E-state index contributed by atoms with van der Waals surface area (Å²) >= 11 is 0. The van der Waals surface area contributed by atoms with Crippen molar-refractivity contribution in [1.82, 2.24) is 10.3 Å². The molecule has 8 heteroatoms. The molecule has 0 bridgehead atoms. The lowest BCUT2D eigenvalue weighted by Gasteiger charge is -2.12. The number of hydrogen-bond acceptors (Lipinski definition) is 7. The molecule has 208 valence electrons. The number of nitrogens with one attached hydrogen (secondary N) is 1. The van der Waals surface area contributed by atoms with Crippen LogP contribution >= 0.6 is 0 Å². The molecule has 2 amide bonds. The van der Waals surface area contributed by atoms with Gasteiger partial charge in [0.25, 0.3) is 5.91 Å². The number of pyridine rings is 1. The van der Waals surface area contributed by atoms with Crippen molar-refractivity contribution in [2.24, 2.45) is 5.73 Å². The van der Waals surface area contributed by atoms with Gasteiger partial charge in [-0.25, -0.2) is 9.78 Å². The fourth-order valence-corrected chi connectivity index (χ4v) is 3.49. The van der Waals surface area contributed by atoms with Crippen LogP contribution in [0.25, 0.3) is 0 Å². The molecule has 0 saturated heterocycles. The Bertz CT molecular complexity index is 1210. The predicted molar refractivity (Wildman–Crippen MR) is 152 cm³/mol. The first kappa shape index (κ1) is 31.2. The van der Waals surface area contributed by atoms with Gasteiger partial charge in [0.05, 0.1) is 12.1 Å². The Morgan fingerprint density at radius 1 is 0.949 bits per heavy atom. The lowest BCUT2D eigenvalue weighted by atomic mass is 10.1. The summed E-state index contributed by atoms with van der Waals surface area (Å²) < 4.78 is 11.2. The van der Waals surface area contributed by atoms with Gasteiger partial charge in [-0.3, -0.25) is 14.9 Å². The number of imide groups is 1. The van der Waals surface area contributed by atoms with Crippen molar-refractivity contribution in [1.29, 1.82) is 0 Å². The minimum absolute atomic E-state index is 0.0501. The monoisotopic (exact) mass is 533 g/mol. The summed E-state index contributed by atoms with van der Waals surface area (Å²) in [5.41, 5.74) is 9.96. The van der Waals surface area contributed by atoms with Crippen molar-refractivity contribution in [3.8, 4) is 5.75 Å². The Hall–Kier alpha value is -4.04. The highest BCUT2D eigenvalue weighted by molar-refractivity contribution is 6.06. The number of rotatable bonds is 14. The van der Waals surface area contributed by atoms with Gasteiger partial charge in [0, 0.05) is 6.20 Å². The minimum Gasteiger partial charge on any atom is -0.486 e. The second-order valence-electron chi connectivity index (χ2n) is 9.48. The average Bonchev–Trinajstić information content (AvgIpc) is 2.91. The fourth-order valence-electron chi connectivity index (χ4n) is 3.49. The third-order valence-corrected chi connectivity index (χ3v) is 5.75. The maximum absolute atomic E-state index is 12.7. The molecule has 1 heterocycles. The molecule has 0 aliphatic heterocycles. The van der Waals surface area contributed by atoms with Crippen molar-refractivity contribution in [3.63, 3.8) is 0 Å². The second kappa shape index (κ2) is 16.7. The van der Waals surface area contributed by atoms with Crippen LogP contribution in [-0.4, -0.2) is 35.9 Å². The Kier molecular flexibility index (Phi) is 13.4. The molecule has 1 aromatic carbocycles. The summed E-state index contributed by atoms with van der Waals surface area (Å²) in [6.45, 7) is 8.27. The summed E-state index contributed by atoms with van der Waals surface area (Å²) in [7, 11) is 0. The van der Waals surface area contributed by atoms with Crippen molar-refractivity contribution in [2.45, 2.75) is 60.0 Å². The summed E-state index contributed by atoms with van der Waals surface area (Å²) in [5, 5.41) is 2.14. The number of carbonyl (C=O) groups is 3. The van der Waals surface area contributed by atoms with E-state index in [2.05, 4.69) is 43.2 Å². The van der Waals surface area contributed by atoms with Gasteiger partial charge in [0.15, 0.2) is 11.4 Å². The molecule has 0 fully saturated rings. The van der Waals surface area contributed by atoms with Crippen LogP contribution in [0.3, 0.4) is 0 Å². The minimum atomic E-state index is -0.770. The number of hydrogen-bond donors (Lipinski definition) is 2. The zero-order chi connectivity index (χ0) is 28.6. The largest absolute Gasteiger partial charge is 0.486 e.